The van der Waals surface area contributed by atoms with Crippen LogP contribution in [0, 0.1) is 5.92 Å². The number of carbonyl (C=O) groups is 3. The van der Waals surface area contributed by atoms with Crippen molar-refractivity contribution in [2.24, 2.45) is 5.92 Å². The molecule has 0 spiro atoms. The summed E-state index contributed by atoms with van der Waals surface area (Å²) < 4.78 is 15.3. The highest BCUT2D eigenvalue weighted by Crippen LogP contribution is 2.35. The number of amides is 2. The van der Waals surface area contributed by atoms with Crippen LogP contribution in [0.15, 0.2) is 12.1 Å². The lowest BCUT2D eigenvalue weighted by Crippen LogP contribution is -2.35. The molecule has 3 rings (SSSR count). The SMILES string of the molecule is COC(=O)c1cc(OC)c(OC)cc1NC(=O)[C@@H]1CC(=O)N(C2CCCC2)C1. The van der Waals surface area contributed by atoms with Crippen LogP contribution in [0.5, 0.6) is 11.5 Å². The second-order valence-corrected chi connectivity index (χ2v) is 7.12. The van der Waals surface area contributed by atoms with Gasteiger partial charge in [0.1, 0.15) is 0 Å². The minimum atomic E-state index is -0.605. The van der Waals surface area contributed by atoms with E-state index in [1.54, 1.807) is 0 Å². The Bertz CT molecular complexity index is 772. The lowest BCUT2D eigenvalue weighted by molar-refractivity contribution is -0.129. The smallest absolute Gasteiger partial charge is 0.340 e. The topological polar surface area (TPSA) is 94.2 Å². The van der Waals surface area contributed by atoms with Gasteiger partial charge in [0, 0.05) is 31.1 Å². The zero-order chi connectivity index (χ0) is 20.3. The van der Waals surface area contributed by atoms with E-state index in [0.29, 0.717) is 18.0 Å². The molecular weight excluding hydrogens is 364 g/mol. The monoisotopic (exact) mass is 390 g/mol. The van der Waals surface area contributed by atoms with Gasteiger partial charge in [-0.2, -0.15) is 0 Å². The lowest BCUT2D eigenvalue weighted by Gasteiger charge is -2.24. The summed E-state index contributed by atoms with van der Waals surface area (Å²) in [6.45, 7) is 0.413. The molecule has 1 aromatic rings. The summed E-state index contributed by atoms with van der Waals surface area (Å²) in [7, 11) is 4.19. The maximum atomic E-state index is 12.8. The molecule has 8 nitrogen and oxygen atoms in total. The minimum Gasteiger partial charge on any atom is -0.493 e. The molecule has 1 aliphatic carbocycles. The fourth-order valence-electron chi connectivity index (χ4n) is 3.97. The number of esters is 1. The second-order valence-electron chi connectivity index (χ2n) is 7.12. The van der Waals surface area contributed by atoms with E-state index in [1.165, 1.54) is 33.5 Å². The first kappa shape index (κ1) is 20.0. The van der Waals surface area contributed by atoms with Gasteiger partial charge in [0.05, 0.1) is 38.5 Å². The van der Waals surface area contributed by atoms with Crippen molar-refractivity contribution < 1.29 is 28.6 Å². The number of nitrogens with zero attached hydrogens (tertiary/aromatic N) is 1. The predicted octanol–water partition coefficient (Wildman–Crippen LogP) is 2.22. The molecule has 0 aromatic heterocycles. The number of likely N-dealkylation sites (tertiary alicyclic amines) is 1. The zero-order valence-electron chi connectivity index (χ0n) is 16.4. The van der Waals surface area contributed by atoms with Gasteiger partial charge in [0.2, 0.25) is 11.8 Å². The Hall–Kier alpha value is -2.77. The third-order valence-electron chi connectivity index (χ3n) is 5.48. The Kier molecular flexibility index (Phi) is 6.06. The van der Waals surface area contributed by atoms with Gasteiger partial charge < -0.3 is 24.4 Å². The molecule has 1 saturated heterocycles. The van der Waals surface area contributed by atoms with Crippen LogP contribution in [0.3, 0.4) is 0 Å². The average molecular weight is 390 g/mol. The van der Waals surface area contributed by atoms with Crippen LogP contribution in [0.4, 0.5) is 5.69 Å². The van der Waals surface area contributed by atoms with Crippen LogP contribution in [0.25, 0.3) is 0 Å². The molecule has 1 heterocycles. The molecule has 1 aliphatic heterocycles. The van der Waals surface area contributed by atoms with Crippen LogP contribution < -0.4 is 14.8 Å². The van der Waals surface area contributed by atoms with Gasteiger partial charge >= 0.3 is 5.97 Å². The van der Waals surface area contributed by atoms with Gasteiger partial charge in [0.15, 0.2) is 11.5 Å². The van der Waals surface area contributed by atoms with Crippen molar-refractivity contribution in [1.82, 2.24) is 4.90 Å². The van der Waals surface area contributed by atoms with Crippen LogP contribution in [-0.2, 0) is 14.3 Å². The van der Waals surface area contributed by atoms with Crippen molar-refractivity contribution in [1.29, 1.82) is 0 Å². The van der Waals surface area contributed by atoms with Crippen molar-refractivity contribution >= 4 is 23.5 Å². The van der Waals surface area contributed by atoms with Gasteiger partial charge in [0.25, 0.3) is 0 Å². The summed E-state index contributed by atoms with van der Waals surface area (Å²) in [5, 5.41) is 2.77. The van der Waals surface area contributed by atoms with E-state index in [-0.39, 0.29) is 35.5 Å². The van der Waals surface area contributed by atoms with Gasteiger partial charge in [-0.05, 0) is 12.8 Å². The predicted molar refractivity (Wildman–Crippen MR) is 102 cm³/mol. The van der Waals surface area contributed by atoms with Crippen molar-refractivity contribution in [3.63, 3.8) is 0 Å². The zero-order valence-corrected chi connectivity index (χ0v) is 16.4. The molecule has 1 N–H and O–H groups in total. The van der Waals surface area contributed by atoms with Crippen molar-refractivity contribution in [2.45, 2.75) is 38.1 Å². The summed E-state index contributed by atoms with van der Waals surface area (Å²) in [5.74, 6) is -0.610. The molecule has 2 amide bonds. The van der Waals surface area contributed by atoms with Crippen LogP contribution in [0.2, 0.25) is 0 Å². The first-order valence-corrected chi connectivity index (χ1v) is 9.43. The number of nitrogens with one attached hydrogen (secondary N) is 1. The molecule has 1 atom stereocenters. The Labute approximate surface area is 164 Å². The van der Waals surface area contributed by atoms with Crippen molar-refractivity contribution in [3.05, 3.63) is 17.7 Å². The van der Waals surface area contributed by atoms with Gasteiger partial charge in [-0.1, -0.05) is 12.8 Å². The molecule has 0 unspecified atom stereocenters. The highest BCUT2D eigenvalue weighted by atomic mass is 16.5. The third-order valence-corrected chi connectivity index (χ3v) is 5.48. The van der Waals surface area contributed by atoms with Gasteiger partial charge in [-0.3, -0.25) is 9.59 Å². The summed E-state index contributed by atoms with van der Waals surface area (Å²) in [6.07, 6.45) is 4.44. The van der Waals surface area contributed by atoms with Crippen LogP contribution >= 0.6 is 0 Å². The fraction of sp³-hybridized carbons (Fsp3) is 0.550. The molecule has 0 radical (unpaired) electrons. The first-order chi connectivity index (χ1) is 13.5. The number of ether oxygens (including phenoxy) is 3. The minimum absolute atomic E-state index is 0.0209. The summed E-state index contributed by atoms with van der Waals surface area (Å²) >= 11 is 0. The molecule has 28 heavy (non-hydrogen) atoms. The van der Waals surface area contributed by atoms with Gasteiger partial charge in [-0.15, -0.1) is 0 Å². The molecule has 8 heteroatoms. The molecule has 1 saturated carbocycles. The number of carbonyl (C=O) groups excluding carboxylic acids is 3. The Morgan fingerprint density at radius 1 is 1.07 bits per heavy atom. The third kappa shape index (κ3) is 3.90. The molecule has 152 valence electrons. The number of methoxy groups -OCH3 is 3. The lowest BCUT2D eigenvalue weighted by atomic mass is 10.1. The highest BCUT2D eigenvalue weighted by Gasteiger charge is 2.39. The number of hydrogen-bond donors (Lipinski definition) is 1. The quantitative estimate of drug-likeness (QED) is 0.749. The summed E-state index contributed by atoms with van der Waals surface area (Å²) in [4.78, 5) is 39.2. The second kappa shape index (κ2) is 8.50. The molecule has 2 fully saturated rings. The number of rotatable bonds is 6. The van der Waals surface area contributed by atoms with Crippen molar-refractivity contribution in [2.75, 3.05) is 33.2 Å². The molecule has 0 bridgehead atoms. The maximum Gasteiger partial charge on any atom is 0.340 e. The Morgan fingerprint density at radius 3 is 2.32 bits per heavy atom. The van der Waals surface area contributed by atoms with Gasteiger partial charge in [-0.25, -0.2) is 4.79 Å². The van der Waals surface area contributed by atoms with Crippen molar-refractivity contribution in [3.8, 4) is 11.5 Å². The molecule has 1 aromatic carbocycles. The van der Waals surface area contributed by atoms with E-state index in [9.17, 15) is 14.4 Å². The maximum absolute atomic E-state index is 12.8. The van der Waals surface area contributed by atoms with E-state index in [2.05, 4.69) is 5.32 Å². The van der Waals surface area contributed by atoms with E-state index in [0.717, 1.165) is 25.7 Å². The molecular formula is C20H26N2O6. The fourth-order valence-corrected chi connectivity index (χ4v) is 3.97. The Balaban J connectivity index is 1.79. The average Bonchev–Trinajstić information content (AvgIpc) is 3.36. The van der Waals surface area contributed by atoms with E-state index in [4.69, 9.17) is 14.2 Å². The number of benzene rings is 1. The number of hydrogen-bond acceptors (Lipinski definition) is 6. The standard InChI is InChI=1S/C20H26N2O6/c1-26-16-9-14(20(25)28-3)15(10-17(16)27-2)21-19(24)12-8-18(23)22(11-12)13-6-4-5-7-13/h9-10,12-13H,4-8,11H2,1-3H3,(H,21,24)/t12-/m1/s1. The Morgan fingerprint density at radius 2 is 1.71 bits per heavy atom. The van der Waals surface area contributed by atoms with Crippen LogP contribution in [0.1, 0.15) is 42.5 Å². The number of anilines is 1. The highest BCUT2D eigenvalue weighted by molar-refractivity contribution is 6.04. The normalized spacial score (nSPS) is 19.6. The van der Waals surface area contributed by atoms with E-state index < -0.39 is 11.9 Å². The van der Waals surface area contributed by atoms with Crippen LogP contribution in [-0.4, -0.2) is 56.6 Å². The molecule has 2 aliphatic rings. The summed E-state index contributed by atoms with van der Waals surface area (Å²) in [5.41, 5.74) is 0.423. The largest absolute Gasteiger partial charge is 0.493 e. The van der Waals surface area contributed by atoms with E-state index >= 15 is 0 Å². The first-order valence-electron chi connectivity index (χ1n) is 9.43. The van der Waals surface area contributed by atoms with E-state index in [1.807, 2.05) is 4.90 Å². The summed E-state index contributed by atoms with van der Waals surface area (Å²) in [6, 6.07) is 3.23.